The zero-order valence-corrected chi connectivity index (χ0v) is 20.7. The van der Waals surface area contributed by atoms with E-state index in [1.54, 1.807) is 12.1 Å². The number of halogens is 4. The van der Waals surface area contributed by atoms with Gasteiger partial charge in [0.2, 0.25) is 0 Å². The van der Waals surface area contributed by atoms with Crippen molar-refractivity contribution < 1.29 is 31.8 Å². The summed E-state index contributed by atoms with van der Waals surface area (Å²) >= 11 is 0. The van der Waals surface area contributed by atoms with Gasteiger partial charge in [0.15, 0.2) is 0 Å². The van der Waals surface area contributed by atoms with Crippen molar-refractivity contribution in [3.63, 3.8) is 0 Å². The lowest BCUT2D eigenvalue weighted by molar-refractivity contribution is -0.274. The van der Waals surface area contributed by atoms with Crippen LogP contribution in [0.5, 0.6) is 11.5 Å². The molecule has 0 bridgehead atoms. The van der Waals surface area contributed by atoms with E-state index in [0.717, 1.165) is 43.2 Å². The minimum absolute atomic E-state index is 0.0441. The molecule has 2 fully saturated rings. The topological polar surface area (TPSA) is 35.5 Å². The SMILES string of the molecule is CCCCC[C@H]1CC[C@@H]2CC(c3ccc(C(=O)Oc4ccc(OC(F)(F)F)cc4)cc3F)CC[C@H]2C1. The summed E-state index contributed by atoms with van der Waals surface area (Å²) in [5.41, 5.74) is 0.719. The molecule has 2 aromatic rings. The molecule has 2 aliphatic carbocycles. The molecule has 196 valence electrons. The van der Waals surface area contributed by atoms with Gasteiger partial charge in [-0.1, -0.05) is 45.1 Å². The summed E-state index contributed by atoms with van der Waals surface area (Å²) in [6.45, 7) is 2.24. The van der Waals surface area contributed by atoms with Crippen molar-refractivity contribution in [1.82, 2.24) is 0 Å². The molecule has 0 aliphatic heterocycles. The molecule has 4 rings (SSSR count). The fourth-order valence-electron chi connectivity index (χ4n) is 6.07. The second-order valence-electron chi connectivity index (χ2n) is 10.4. The number of alkyl halides is 3. The molecule has 3 nitrogen and oxygen atoms in total. The Morgan fingerprint density at radius 3 is 2.31 bits per heavy atom. The average molecular weight is 507 g/mol. The van der Waals surface area contributed by atoms with Crippen molar-refractivity contribution in [2.24, 2.45) is 17.8 Å². The summed E-state index contributed by atoms with van der Waals surface area (Å²) in [7, 11) is 0. The van der Waals surface area contributed by atoms with Gasteiger partial charge in [-0.25, -0.2) is 9.18 Å². The minimum atomic E-state index is -4.80. The minimum Gasteiger partial charge on any atom is -0.423 e. The molecule has 0 heterocycles. The van der Waals surface area contributed by atoms with Crippen molar-refractivity contribution >= 4 is 5.97 Å². The number of ether oxygens (including phenoxy) is 2. The van der Waals surface area contributed by atoms with Crippen molar-refractivity contribution in [2.75, 3.05) is 0 Å². The van der Waals surface area contributed by atoms with Gasteiger partial charge in [0.25, 0.3) is 0 Å². The maximum Gasteiger partial charge on any atom is 0.573 e. The van der Waals surface area contributed by atoms with Crippen LogP contribution in [0, 0.1) is 23.6 Å². The third-order valence-corrected chi connectivity index (χ3v) is 7.88. The first-order valence-electron chi connectivity index (χ1n) is 13.1. The number of carbonyl (C=O) groups is 1. The molecular formula is C29H34F4O3. The van der Waals surface area contributed by atoms with Crippen LogP contribution in [0.1, 0.15) is 93.0 Å². The molecule has 2 aromatic carbocycles. The third kappa shape index (κ3) is 7.01. The molecule has 0 N–H and O–H groups in total. The summed E-state index contributed by atoms with van der Waals surface area (Å²) in [4.78, 5) is 12.5. The highest BCUT2D eigenvalue weighted by Gasteiger charge is 2.36. The molecule has 0 aromatic heterocycles. The Labute approximate surface area is 210 Å². The van der Waals surface area contributed by atoms with Gasteiger partial charge in [0.1, 0.15) is 17.3 Å². The van der Waals surface area contributed by atoms with E-state index in [1.165, 1.54) is 63.1 Å². The molecule has 2 saturated carbocycles. The second kappa shape index (κ2) is 11.7. The van der Waals surface area contributed by atoms with Gasteiger partial charge in [-0.15, -0.1) is 13.2 Å². The smallest absolute Gasteiger partial charge is 0.423 e. The van der Waals surface area contributed by atoms with E-state index in [0.29, 0.717) is 11.5 Å². The van der Waals surface area contributed by atoms with Crippen LogP contribution in [-0.4, -0.2) is 12.3 Å². The second-order valence-corrected chi connectivity index (χ2v) is 10.4. The number of rotatable bonds is 8. The van der Waals surface area contributed by atoms with E-state index >= 15 is 4.39 Å². The van der Waals surface area contributed by atoms with Gasteiger partial charge in [-0.3, -0.25) is 0 Å². The van der Waals surface area contributed by atoms with Crippen molar-refractivity contribution in [3.8, 4) is 11.5 Å². The van der Waals surface area contributed by atoms with Gasteiger partial charge in [-0.05, 0) is 97.7 Å². The standard InChI is InChI=1S/C29H34F4O3/c1-2-3-4-5-19-6-7-21-17-22(9-8-20(21)16-19)26-15-10-23(18-27(26)30)28(34)35-24-11-13-25(14-12-24)36-29(31,32)33/h10-15,18-22H,2-9,16-17H2,1H3/t19-,20-,21+,22?/m0/s1. The molecule has 0 radical (unpaired) electrons. The maximum atomic E-state index is 15.1. The van der Waals surface area contributed by atoms with Crippen LogP contribution in [-0.2, 0) is 0 Å². The normalized spacial score (nSPS) is 24.1. The summed E-state index contributed by atoms with van der Waals surface area (Å²) in [6.07, 6.45) is 7.39. The Balaban J connectivity index is 1.32. The maximum absolute atomic E-state index is 15.1. The predicted molar refractivity (Wildman–Crippen MR) is 130 cm³/mol. The zero-order valence-electron chi connectivity index (χ0n) is 20.7. The number of hydrogen-bond donors (Lipinski definition) is 0. The number of esters is 1. The van der Waals surface area contributed by atoms with Crippen LogP contribution in [0.3, 0.4) is 0 Å². The Kier molecular flexibility index (Phi) is 8.58. The van der Waals surface area contributed by atoms with E-state index in [2.05, 4.69) is 11.7 Å². The Hall–Kier alpha value is -2.57. The van der Waals surface area contributed by atoms with E-state index < -0.39 is 23.9 Å². The monoisotopic (exact) mass is 506 g/mol. The lowest BCUT2D eigenvalue weighted by Gasteiger charge is -2.42. The third-order valence-electron chi connectivity index (χ3n) is 7.88. The molecule has 4 atom stereocenters. The molecular weight excluding hydrogens is 472 g/mol. The van der Waals surface area contributed by atoms with Crippen LogP contribution in [0.4, 0.5) is 17.6 Å². The lowest BCUT2D eigenvalue weighted by Crippen LogP contribution is -2.30. The van der Waals surface area contributed by atoms with Crippen LogP contribution in [0.2, 0.25) is 0 Å². The Morgan fingerprint density at radius 1 is 0.917 bits per heavy atom. The lowest BCUT2D eigenvalue weighted by atomic mass is 9.63. The first kappa shape index (κ1) is 26.5. The number of fused-ring (bicyclic) bond motifs is 1. The van der Waals surface area contributed by atoms with Crippen LogP contribution in [0.15, 0.2) is 42.5 Å². The summed E-state index contributed by atoms with van der Waals surface area (Å²) in [5.74, 6) is 0.871. The molecule has 36 heavy (non-hydrogen) atoms. The fraction of sp³-hybridized carbons (Fsp3) is 0.552. The highest BCUT2D eigenvalue weighted by Crippen LogP contribution is 2.48. The first-order valence-corrected chi connectivity index (χ1v) is 13.1. The van der Waals surface area contributed by atoms with Crippen LogP contribution < -0.4 is 9.47 Å². The molecule has 2 aliphatic rings. The van der Waals surface area contributed by atoms with E-state index in [4.69, 9.17) is 4.74 Å². The zero-order chi connectivity index (χ0) is 25.7. The van der Waals surface area contributed by atoms with Gasteiger partial charge in [0.05, 0.1) is 5.56 Å². The number of unbranched alkanes of at least 4 members (excludes halogenated alkanes) is 2. The summed E-state index contributed by atoms with van der Waals surface area (Å²) in [6, 6.07) is 8.95. The summed E-state index contributed by atoms with van der Waals surface area (Å²) in [5, 5.41) is 0. The van der Waals surface area contributed by atoms with Gasteiger partial charge < -0.3 is 9.47 Å². The van der Waals surface area contributed by atoms with Crippen molar-refractivity contribution in [1.29, 1.82) is 0 Å². The van der Waals surface area contributed by atoms with Gasteiger partial charge in [0, 0.05) is 0 Å². The van der Waals surface area contributed by atoms with Crippen LogP contribution in [0.25, 0.3) is 0 Å². The van der Waals surface area contributed by atoms with Gasteiger partial charge >= 0.3 is 12.3 Å². The van der Waals surface area contributed by atoms with Crippen LogP contribution >= 0.6 is 0 Å². The highest BCUT2D eigenvalue weighted by molar-refractivity contribution is 5.91. The van der Waals surface area contributed by atoms with E-state index in [1.807, 2.05) is 0 Å². The quantitative estimate of drug-likeness (QED) is 0.155. The largest absolute Gasteiger partial charge is 0.573 e. The summed E-state index contributed by atoms with van der Waals surface area (Å²) < 4.78 is 60.9. The molecule has 0 amide bonds. The first-order chi connectivity index (χ1) is 17.2. The number of carbonyl (C=O) groups excluding carboxylic acids is 1. The predicted octanol–water partition coefficient (Wildman–Crippen LogP) is 8.82. The Bertz CT molecular complexity index is 1020. The number of benzene rings is 2. The van der Waals surface area contributed by atoms with E-state index in [-0.39, 0.29) is 17.2 Å². The molecule has 0 spiro atoms. The molecule has 7 heteroatoms. The van der Waals surface area contributed by atoms with Gasteiger partial charge in [-0.2, -0.15) is 0 Å². The molecule has 0 saturated heterocycles. The van der Waals surface area contributed by atoms with E-state index in [9.17, 15) is 18.0 Å². The Morgan fingerprint density at radius 2 is 1.61 bits per heavy atom. The fourth-order valence-corrected chi connectivity index (χ4v) is 6.07. The molecule has 1 unspecified atom stereocenters. The number of hydrogen-bond acceptors (Lipinski definition) is 3. The highest BCUT2D eigenvalue weighted by atomic mass is 19.4. The average Bonchev–Trinajstić information content (AvgIpc) is 2.84. The van der Waals surface area contributed by atoms with Crippen molar-refractivity contribution in [2.45, 2.75) is 83.4 Å². The van der Waals surface area contributed by atoms with Crippen molar-refractivity contribution in [3.05, 3.63) is 59.4 Å².